The third-order valence-electron chi connectivity index (χ3n) is 3.08. The van der Waals surface area contributed by atoms with E-state index < -0.39 is 0 Å². The molecule has 0 radical (unpaired) electrons. The van der Waals surface area contributed by atoms with Crippen molar-refractivity contribution in [3.63, 3.8) is 0 Å². The van der Waals surface area contributed by atoms with Crippen LogP contribution in [0.1, 0.15) is 36.3 Å². The number of hydrogen-bond acceptors (Lipinski definition) is 0. The van der Waals surface area contributed by atoms with Gasteiger partial charge in [-0.05, 0) is 36.3 Å². The van der Waals surface area contributed by atoms with Crippen LogP contribution in [0.3, 0.4) is 0 Å². The van der Waals surface area contributed by atoms with Crippen molar-refractivity contribution in [2.24, 2.45) is 0 Å². The molecule has 0 aromatic heterocycles. The fraction of sp³-hybridized carbons (Fsp3) is 0.462. The Morgan fingerprint density at radius 2 is 2.21 bits per heavy atom. The van der Waals surface area contributed by atoms with Gasteiger partial charge in [0.05, 0.1) is 0 Å². The van der Waals surface area contributed by atoms with E-state index in [-0.39, 0.29) is 0 Å². The third kappa shape index (κ3) is 1.80. The summed E-state index contributed by atoms with van der Waals surface area (Å²) < 4.78 is 0. The molecule has 0 bridgehead atoms. The summed E-state index contributed by atoms with van der Waals surface area (Å²) in [6, 6.07) is 8.72. The van der Waals surface area contributed by atoms with Crippen LogP contribution in [0, 0.1) is 6.57 Å². The van der Waals surface area contributed by atoms with Gasteiger partial charge in [0.1, 0.15) is 0 Å². The highest BCUT2D eigenvalue weighted by atomic mass is 14.6. The van der Waals surface area contributed by atoms with E-state index in [1.54, 1.807) is 0 Å². The predicted molar refractivity (Wildman–Crippen MR) is 58.2 cm³/mol. The van der Waals surface area contributed by atoms with Gasteiger partial charge in [-0.3, -0.25) is 0 Å². The topological polar surface area (TPSA) is 4.36 Å². The van der Waals surface area contributed by atoms with E-state index in [9.17, 15) is 0 Å². The van der Waals surface area contributed by atoms with Crippen LogP contribution < -0.4 is 0 Å². The van der Waals surface area contributed by atoms with Crippen LogP contribution in [0.4, 0.5) is 0 Å². The maximum Gasteiger partial charge on any atom is 0.215 e. The van der Waals surface area contributed by atoms with Gasteiger partial charge in [0.2, 0.25) is 6.54 Å². The standard InChI is InChI=1S/C13H15N/c1-14-10-9-12-7-4-6-11-5-2-3-8-13(11)12/h2-3,5,8,12H,4,6-7,9-10H2. The normalized spacial score (nSPS) is 19.8. The molecule has 1 aliphatic carbocycles. The summed E-state index contributed by atoms with van der Waals surface area (Å²) in [7, 11) is 0. The molecule has 1 unspecified atom stereocenters. The van der Waals surface area contributed by atoms with E-state index in [1.807, 2.05) is 0 Å². The van der Waals surface area contributed by atoms with Gasteiger partial charge in [-0.15, -0.1) is 0 Å². The van der Waals surface area contributed by atoms with Crippen LogP contribution in [0.2, 0.25) is 0 Å². The first-order valence-corrected chi connectivity index (χ1v) is 5.33. The lowest BCUT2D eigenvalue weighted by molar-refractivity contribution is 0.535. The smallest absolute Gasteiger partial charge is 0.215 e. The van der Waals surface area contributed by atoms with Crippen LogP contribution in [0.15, 0.2) is 24.3 Å². The molecule has 72 valence electrons. The molecule has 1 aliphatic rings. The van der Waals surface area contributed by atoms with Crippen molar-refractivity contribution in [2.75, 3.05) is 6.54 Å². The summed E-state index contributed by atoms with van der Waals surface area (Å²) in [4.78, 5) is 3.45. The summed E-state index contributed by atoms with van der Waals surface area (Å²) >= 11 is 0. The van der Waals surface area contributed by atoms with Gasteiger partial charge in [0.25, 0.3) is 0 Å². The van der Waals surface area contributed by atoms with Crippen molar-refractivity contribution >= 4 is 0 Å². The van der Waals surface area contributed by atoms with Crippen LogP contribution in [-0.2, 0) is 6.42 Å². The number of benzene rings is 1. The number of fused-ring (bicyclic) bond motifs is 1. The summed E-state index contributed by atoms with van der Waals surface area (Å²) in [5.74, 6) is 0.647. The van der Waals surface area contributed by atoms with Crippen molar-refractivity contribution in [3.05, 3.63) is 46.8 Å². The van der Waals surface area contributed by atoms with Gasteiger partial charge in [0, 0.05) is 6.42 Å². The Kier molecular flexibility index (Phi) is 2.84. The lowest BCUT2D eigenvalue weighted by atomic mass is 9.81. The van der Waals surface area contributed by atoms with Crippen molar-refractivity contribution in [1.29, 1.82) is 0 Å². The van der Waals surface area contributed by atoms with E-state index >= 15 is 0 Å². The zero-order valence-corrected chi connectivity index (χ0v) is 8.37. The molecular weight excluding hydrogens is 170 g/mol. The molecule has 14 heavy (non-hydrogen) atoms. The van der Waals surface area contributed by atoms with Crippen LogP contribution in [-0.4, -0.2) is 6.54 Å². The monoisotopic (exact) mass is 185 g/mol. The minimum atomic E-state index is 0.647. The largest absolute Gasteiger partial charge is 0.317 e. The lowest BCUT2D eigenvalue weighted by Gasteiger charge is -2.23. The SMILES string of the molecule is [C-]#[N+]CCC1CCCc2ccccc21. The highest BCUT2D eigenvalue weighted by Crippen LogP contribution is 2.33. The Balaban J connectivity index is 2.18. The average molecular weight is 185 g/mol. The molecule has 0 N–H and O–H groups in total. The van der Waals surface area contributed by atoms with Crippen LogP contribution in [0.25, 0.3) is 4.85 Å². The molecule has 0 fully saturated rings. The van der Waals surface area contributed by atoms with Gasteiger partial charge in [-0.1, -0.05) is 24.3 Å². The molecule has 1 aromatic carbocycles. The quantitative estimate of drug-likeness (QED) is 0.622. The van der Waals surface area contributed by atoms with Crippen LogP contribution in [0.5, 0.6) is 0 Å². The van der Waals surface area contributed by atoms with Crippen molar-refractivity contribution in [1.82, 2.24) is 0 Å². The zero-order valence-electron chi connectivity index (χ0n) is 8.37. The fourth-order valence-electron chi connectivity index (χ4n) is 2.37. The molecule has 0 heterocycles. The molecule has 0 saturated carbocycles. The maximum atomic E-state index is 6.83. The molecule has 1 atom stereocenters. The summed E-state index contributed by atoms with van der Waals surface area (Å²) in [6.45, 7) is 7.51. The first-order valence-electron chi connectivity index (χ1n) is 5.33. The van der Waals surface area contributed by atoms with Gasteiger partial charge >= 0.3 is 0 Å². The summed E-state index contributed by atoms with van der Waals surface area (Å²) in [5, 5.41) is 0. The molecular formula is C13H15N. The molecule has 0 spiro atoms. The van der Waals surface area contributed by atoms with E-state index in [1.165, 1.54) is 30.4 Å². The molecule has 0 aliphatic heterocycles. The van der Waals surface area contributed by atoms with Gasteiger partial charge in [-0.2, -0.15) is 0 Å². The number of rotatable bonds is 2. The van der Waals surface area contributed by atoms with Gasteiger partial charge < -0.3 is 4.85 Å². The molecule has 1 nitrogen and oxygen atoms in total. The van der Waals surface area contributed by atoms with Crippen LogP contribution >= 0.6 is 0 Å². The highest BCUT2D eigenvalue weighted by Gasteiger charge is 2.19. The number of aryl methyl sites for hydroxylation is 1. The summed E-state index contributed by atoms with van der Waals surface area (Å²) in [6.07, 6.45) is 4.83. The van der Waals surface area contributed by atoms with Crippen molar-refractivity contribution < 1.29 is 0 Å². The fourth-order valence-corrected chi connectivity index (χ4v) is 2.37. The Labute approximate surface area is 85.6 Å². The Morgan fingerprint density at radius 3 is 3.07 bits per heavy atom. The Hall–Kier alpha value is -1.29. The second-order valence-corrected chi connectivity index (χ2v) is 3.96. The van der Waals surface area contributed by atoms with Crippen molar-refractivity contribution in [3.8, 4) is 0 Å². The van der Waals surface area contributed by atoms with E-state index in [0.29, 0.717) is 12.5 Å². The molecule has 2 rings (SSSR count). The first-order chi connectivity index (χ1) is 6.92. The second kappa shape index (κ2) is 4.28. The highest BCUT2D eigenvalue weighted by molar-refractivity contribution is 5.32. The molecule has 1 aromatic rings. The minimum absolute atomic E-state index is 0.647. The van der Waals surface area contributed by atoms with E-state index in [4.69, 9.17) is 6.57 Å². The Morgan fingerprint density at radius 1 is 1.36 bits per heavy atom. The zero-order chi connectivity index (χ0) is 9.80. The van der Waals surface area contributed by atoms with E-state index in [0.717, 1.165) is 6.42 Å². The lowest BCUT2D eigenvalue weighted by Crippen LogP contribution is -2.10. The number of hydrogen-bond donors (Lipinski definition) is 0. The summed E-state index contributed by atoms with van der Waals surface area (Å²) in [5.41, 5.74) is 3.01. The molecule has 1 heteroatoms. The van der Waals surface area contributed by atoms with Crippen molar-refractivity contribution in [2.45, 2.75) is 31.6 Å². The van der Waals surface area contributed by atoms with E-state index in [2.05, 4.69) is 29.1 Å². The third-order valence-corrected chi connectivity index (χ3v) is 3.08. The second-order valence-electron chi connectivity index (χ2n) is 3.96. The minimum Gasteiger partial charge on any atom is -0.317 e. The average Bonchev–Trinajstić information content (AvgIpc) is 2.26. The predicted octanol–water partition coefficient (Wildman–Crippen LogP) is 3.42. The Bertz CT molecular complexity index is 348. The number of nitrogens with zero attached hydrogens (tertiary/aromatic N) is 1. The van der Waals surface area contributed by atoms with Gasteiger partial charge in [-0.25, -0.2) is 6.57 Å². The molecule has 0 amide bonds. The maximum absolute atomic E-state index is 6.83. The first kappa shape index (κ1) is 9.27. The molecule has 0 saturated heterocycles. The van der Waals surface area contributed by atoms with Gasteiger partial charge in [0.15, 0.2) is 0 Å².